The summed E-state index contributed by atoms with van der Waals surface area (Å²) in [7, 11) is 0. The zero-order chi connectivity index (χ0) is 6.82. The van der Waals surface area contributed by atoms with Crippen molar-refractivity contribution in [1.29, 1.82) is 0 Å². The van der Waals surface area contributed by atoms with E-state index in [-0.39, 0.29) is 0 Å². The average molecular weight is 138 g/mol. The molecule has 0 aromatic rings. The molecule has 1 N–H and O–H groups in total. The summed E-state index contributed by atoms with van der Waals surface area (Å²) in [6, 6.07) is 0. The van der Waals surface area contributed by atoms with Crippen LogP contribution in [0.4, 0.5) is 0 Å². The highest BCUT2D eigenvalue weighted by atomic mass is 16.3. The van der Waals surface area contributed by atoms with Gasteiger partial charge in [-0.25, -0.2) is 0 Å². The molecule has 0 unspecified atom stereocenters. The number of rotatable bonds is 2. The lowest BCUT2D eigenvalue weighted by atomic mass is 9.34. The summed E-state index contributed by atoms with van der Waals surface area (Å²) in [5, 5.41) is 9.00. The Morgan fingerprint density at radius 3 is 2.20 bits per heavy atom. The maximum atomic E-state index is 9.00. The molecule has 0 radical (unpaired) electrons. The Labute approximate surface area is 61.4 Å². The molecule has 4 aliphatic carbocycles. The molecular formula is C9H14O. The van der Waals surface area contributed by atoms with E-state index in [1.807, 2.05) is 0 Å². The fraction of sp³-hybridized carbons (Fsp3) is 1.00. The van der Waals surface area contributed by atoms with Gasteiger partial charge in [0.05, 0.1) is 0 Å². The zero-order valence-electron chi connectivity index (χ0n) is 6.27. The summed E-state index contributed by atoms with van der Waals surface area (Å²) in [4.78, 5) is 0. The van der Waals surface area contributed by atoms with E-state index in [0.717, 1.165) is 11.3 Å². The second kappa shape index (κ2) is 1.29. The van der Waals surface area contributed by atoms with Gasteiger partial charge >= 0.3 is 0 Å². The van der Waals surface area contributed by atoms with Crippen molar-refractivity contribution in [2.75, 3.05) is 6.61 Å². The average Bonchev–Trinajstić information content (AvgIpc) is 2.42. The van der Waals surface area contributed by atoms with E-state index < -0.39 is 0 Å². The van der Waals surface area contributed by atoms with Gasteiger partial charge < -0.3 is 5.11 Å². The molecule has 0 saturated heterocycles. The van der Waals surface area contributed by atoms with Crippen LogP contribution in [0.5, 0.6) is 0 Å². The maximum Gasteiger partial charge on any atom is 0.0488 e. The van der Waals surface area contributed by atoms with Crippen LogP contribution in [-0.2, 0) is 0 Å². The Morgan fingerprint density at radius 1 is 1.20 bits per heavy atom. The highest BCUT2D eigenvalue weighted by molar-refractivity contribution is 5.21. The highest BCUT2D eigenvalue weighted by Crippen LogP contribution is 2.79. The third-order valence-corrected chi connectivity index (χ3v) is 3.96. The van der Waals surface area contributed by atoms with Crippen molar-refractivity contribution in [3.05, 3.63) is 0 Å². The Hall–Kier alpha value is -0.0400. The first kappa shape index (κ1) is 5.59. The second-order valence-corrected chi connectivity index (χ2v) is 4.83. The minimum absolute atomic E-state index is 0.447. The van der Waals surface area contributed by atoms with Gasteiger partial charge in [0.1, 0.15) is 0 Å². The lowest BCUT2D eigenvalue weighted by Crippen LogP contribution is -2.64. The van der Waals surface area contributed by atoms with Crippen LogP contribution in [-0.4, -0.2) is 11.7 Å². The van der Waals surface area contributed by atoms with Crippen LogP contribution in [0.3, 0.4) is 0 Å². The molecule has 0 aromatic carbocycles. The number of aliphatic hydroxyl groups excluding tert-OH is 1. The SMILES string of the molecule is OCC12CC(C3CC3)(C1)C2. The van der Waals surface area contributed by atoms with Gasteiger partial charge in [0.15, 0.2) is 0 Å². The molecule has 0 spiro atoms. The van der Waals surface area contributed by atoms with Crippen molar-refractivity contribution < 1.29 is 5.11 Å². The van der Waals surface area contributed by atoms with Crippen LogP contribution >= 0.6 is 0 Å². The molecule has 0 heterocycles. The lowest BCUT2D eigenvalue weighted by molar-refractivity contribution is -0.234. The van der Waals surface area contributed by atoms with Crippen molar-refractivity contribution in [1.82, 2.24) is 0 Å². The molecule has 0 aromatic heterocycles. The Balaban J connectivity index is 1.73. The normalized spacial score (nSPS) is 57.3. The Morgan fingerprint density at radius 2 is 1.80 bits per heavy atom. The van der Waals surface area contributed by atoms with Crippen molar-refractivity contribution >= 4 is 0 Å². The number of hydrogen-bond donors (Lipinski definition) is 1. The fourth-order valence-electron chi connectivity index (χ4n) is 3.38. The summed E-state index contributed by atoms with van der Waals surface area (Å²) >= 11 is 0. The van der Waals surface area contributed by atoms with Crippen molar-refractivity contribution in [3.63, 3.8) is 0 Å². The van der Waals surface area contributed by atoms with Gasteiger partial charge in [0, 0.05) is 6.61 Å². The van der Waals surface area contributed by atoms with Crippen molar-refractivity contribution in [3.8, 4) is 0 Å². The molecule has 0 aliphatic heterocycles. The van der Waals surface area contributed by atoms with Crippen LogP contribution in [0.1, 0.15) is 32.1 Å². The molecule has 1 nitrogen and oxygen atoms in total. The van der Waals surface area contributed by atoms with E-state index in [9.17, 15) is 0 Å². The molecule has 10 heavy (non-hydrogen) atoms. The van der Waals surface area contributed by atoms with Gasteiger partial charge in [-0.05, 0) is 48.9 Å². The molecule has 2 bridgehead atoms. The Kier molecular flexibility index (Phi) is 0.722. The van der Waals surface area contributed by atoms with E-state index in [2.05, 4.69) is 0 Å². The molecule has 4 fully saturated rings. The van der Waals surface area contributed by atoms with Gasteiger partial charge in [-0.1, -0.05) is 0 Å². The summed E-state index contributed by atoms with van der Waals surface area (Å²) in [5.41, 5.74) is 1.23. The van der Waals surface area contributed by atoms with E-state index in [1.54, 1.807) is 0 Å². The van der Waals surface area contributed by atoms with Gasteiger partial charge in [-0.15, -0.1) is 0 Å². The molecule has 0 atom stereocenters. The topological polar surface area (TPSA) is 20.2 Å². The molecule has 0 amide bonds. The van der Waals surface area contributed by atoms with Gasteiger partial charge in [-0.2, -0.15) is 0 Å². The third kappa shape index (κ3) is 0.430. The van der Waals surface area contributed by atoms with Crippen LogP contribution in [0, 0.1) is 16.7 Å². The second-order valence-electron chi connectivity index (χ2n) is 4.83. The predicted octanol–water partition coefficient (Wildman–Crippen LogP) is 1.56. The van der Waals surface area contributed by atoms with Gasteiger partial charge in [0.2, 0.25) is 0 Å². The van der Waals surface area contributed by atoms with Gasteiger partial charge in [0.25, 0.3) is 0 Å². The smallest absolute Gasteiger partial charge is 0.0488 e. The monoisotopic (exact) mass is 138 g/mol. The van der Waals surface area contributed by atoms with E-state index in [1.165, 1.54) is 32.1 Å². The third-order valence-electron chi connectivity index (χ3n) is 3.96. The molecule has 1 heteroatoms. The number of hydrogen-bond acceptors (Lipinski definition) is 1. The standard InChI is InChI=1S/C9H14O/c10-6-8-3-9(4-8,5-8)7-1-2-7/h7,10H,1-6H2. The van der Waals surface area contributed by atoms with Crippen LogP contribution in [0.2, 0.25) is 0 Å². The lowest BCUT2D eigenvalue weighted by Gasteiger charge is -2.71. The van der Waals surface area contributed by atoms with E-state index in [4.69, 9.17) is 5.11 Å². The molecule has 56 valence electrons. The largest absolute Gasteiger partial charge is 0.396 e. The summed E-state index contributed by atoms with van der Waals surface area (Å²) in [5.74, 6) is 1.08. The van der Waals surface area contributed by atoms with E-state index in [0.29, 0.717) is 12.0 Å². The minimum Gasteiger partial charge on any atom is -0.396 e. The molecule has 4 aliphatic rings. The maximum absolute atomic E-state index is 9.00. The first-order valence-electron chi connectivity index (χ1n) is 4.40. The first-order chi connectivity index (χ1) is 4.79. The summed E-state index contributed by atoms with van der Waals surface area (Å²) in [6.45, 7) is 0.460. The molecular weight excluding hydrogens is 124 g/mol. The Bertz CT molecular complexity index is 161. The van der Waals surface area contributed by atoms with Crippen molar-refractivity contribution in [2.24, 2.45) is 16.7 Å². The summed E-state index contributed by atoms with van der Waals surface area (Å²) in [6.07, 6.45) is 7.06. The minimum atomic E-state index is 0.447. The fourth-order valence-corrected chi connectivity index (χ4v) is 3.38. The van der Waals surface area contributed by atoms with Crippen LogP contribution in [0.25, 0.3) is 0 Å². The highest BCUT2D eigenvalue weighted by Gasteiger charge is 2.71. The predicted molar refractivity (Wildman–Crippen MR) is 38.5 cm³/mol. The zero-order valence-corrected chi connectivity index (χ0v) is 6.27. The quantitative estimate of drug-likeness (QED) is 0.614. The van der Waals surface area contributed by atoms with Crippen LogP contribution in [0.15, 0.2) is 0 Å². The van der Waals surface area contributed by atoms with Gasteiger partial charge in [-0.3, -0.25) is 0 Å². The van der Waals surface area contributed by atoms with E-state index >= 15 is 0 Å². The summed E-state index contributed by atoms with van der Waals surface area (Å²) < 4.78 is 0. The molecule has 4 saturated carbocycles. The first-order valence-corrected chi connectivity index (χ1v) is 4.40. The van der Waals surface area contributed by atoms with Crippen LogP contribution < -0.4 is 0 Å². The van der Waals surface area contributed by atoms with Crippen molar-refractivity contribution in [2.45, 2.75) is 32.1 Å². The number of aliphatic hydroxyl groups is 1. The molecule has 4 rings (SSSR count).